The van der Waals surface area contributed by atoms with Gasteiger partial charge < -0.3 is 28.6 Å². The molecule has 4 rings (SSSR count). The molecule has 0 spiro atoms. The number of methoxy groups -OCH3 is 2. The van der Waals surface area contributed by atoms with Crippen molar-refractivity contribution in [1.29, 1.82) is 0 Å². The fourth-order valence-electron chi connectivity index (χ4n) is 3.72. The molecule has 0 bridgehead atoms. The lowest BCUT2D eigenvalue weighted by atomic mass is 10.1. The van der Waals surface area contributed by atoms with E-state index in [-0.39, 0.29) is 31.1 Å². The van der Waals surface area contributed by atoms with Crippen molar-refractivity contribution < 1.29 is 28.0 Å². The van der Waals surface area contributed by atoms with E-state index < -0.39 is 5.91 Å². The normalized spacial score (nSPS) is 10.6. The fourth-order valence-corrected chi connectivity index (χ4v) is 3.72. The summed E-state index contributed by atoms with van der Waals surface area (Å²) in [5.74, 6) is 1.52. The first-order valence-electron chi connectivity index (χ1n) is 11.7. The second kappa shape index (κ2) is 12.4. The van der Waals surface area contributed by atoms with Crippen LogP contribution in [-0.2, 0) is 17.8 Å². The number of amides is 2. The molecule has 0 atom stereocenters. The predicted octanol–water partition coefficient (Wildman–Crippen LogP) is 3.74. The van der Waals surface area contributed by atoms with Crippen molar-refractivity contribution in [2.45, 2.75) is 19.4 Å². The molecule has 0 unspecified atom stereocenters. The highest BCUT2D eigenvalue weighted by Gasteiger charge is 2.23. The van der Waals surface area contributed by atoms with Gasteiger partial charge in [-0.1, -0.05) is 11.2 Å². The number of furan rings is 1. The highest BCUT2D eigenvalue weighted by molar-refractivity contribution is 5.93. The van der Waals surface area contributed by atoms with Gasteiger partial charge in [0.25, 0.3) is 5.91 Å². The smallest absolute Gasteiger partial charge is 0.276 e. The van der Waals surface area contributed by atoms with Crippen LogP contribution < -0.4 is 14.8 Å². The number of nitrogens with one attached hydrogen (secondary N) is 1. The first kappa shape index (κ1) is 25.5. The zero-order valence-corrected chi connectivity index (χ0v) is 20.7. The van der Waals surface area contributed by atoms with Crippen LogP contribution in [0.2, 0.25) is 0 Å². The van der Waals surface area contributed by atoms with E-state index in [1.807, 2.05) is 18.2 Å². The summed E-state index contributed by atoms with van der Waals surface area (Å²) in [4.78, 5) is 31.6. The maximum Gasteiger partial charge on any atom is 0.276 e. The third-order valence-electron chi connectivity index (χ3n) is 5.65. The van der Waals surface area contributed by atoms with Crippen molar-refractivity contribution in [2.75, 3.05) is 27.3 Å². The Balaban J connectivity index is 1.43. The van der Waals surface area contributed by atoms with Gasteiger partial charge in [-0.3, -0.25) is 14.6 Å². The first-order valence-corrected chi connectivity index (χ1v) is 11.7. The molecule has 37 heavy (non-hydrogen) atoms. The number of hydrogen-bond donors (Lipinski definition) is 1. The van der Waals surface area contributed by atoms with E-state index in [2.05, 4.69) is 15.5 Å². The summed E-state index contributed by atoms with van der Waals surface area (Å²) in [5, 5.41) is 6.86. The summed E-state index contributed by atoms with van der Waals surface area (Å²) in [6.45, 7) is 0.800. The number of aromatic nitrogens is 2. The van der Waals surface area contributed by atoms with Crippen LogP contribution in [0.1, 0.15) is 28.4 Å². The van der Waals surface area contributed by atoms with Crippen LogP contribution in [0.5, 0.6) is 11.5 Å². The highest BCUT2D eigenvalue weighted by atomic mass is 16.5. The molecular weight excluding hydrogens is 476 g/mol. The summed E-state index contributed by atoms with van der Waals surface area (Å²) < 4.78 is 21.6. The Labute approximate surface area is 214 Å². The van der Waals surface area contributed by atoms with Gasteiger partial charge in [0, 0.05) is 43.9 Å². The van der Waals surface area contributed by atoms with E-state index in [4.69, 9.17) is 18.4 Å². The largest absolute Gasteiger partial charge is 0.497 e. The molecule has 1 aromatic carbocycles. The quantitative estimate of drug-likeness (QED) is 0.310. The summed E-state index contributed by atoms with van der Waals surface area (Å²) in [6.07, 6.45) is 3.99. The molecule has 3 aromatic heterocycles. The molecule has 10 nitrogen and oxygen atoms in total. The molecule has 0 aliphatic rings. The highest BCUT2D eigenvalue weighted by Crippen LogP contribution is 2.34. The van der Waals surface area contributed by atoms with E-state index in [1.54, 1.807) is 56.8 Å². The van der Waals surface area contributed by atoms with Gasteiger partial charge >= 0.3 is 0 Å². The number of rotatable bonds is 12. The average molecular weight is 505 g/mol. The monoisotopic (exact) mass is 504 g/mol. The van der Waals surface area contributed by atoms with Crippen molar-refractivity contribution in [2.24, 2.45) is 0 Å². The minimum atomic E-state index is -0.394. The number of carbonyl (C=O) groups is 2. The second-order valence-corrected chi connectivity index (χ2v) is 8.12. The molecule has 3 heterocycles. The summed E-state index contributed by atoms with van der Waals surface area (Å²) >= 11 is 0. The molecule has 0 aliphatic carbocycles. The Morgan fingerprint density at radius 2 is 1.95 bits per heavy atom. The molecule has 4 aromatic rings. The average Bonchev–Trinajstić information content (AvgIpc) is 3.63. The molecule has 192 valence electrons. The summed E-state index contributed by atoms with van der Waals surface area (Å²) in [7, 11) is 3.10. The van der Waals surface area contributed by atoms with Crippen LogP contribution in [-0.4, -0.2) is 54.2 Å². The van der Waals surface area contributed by atoms with Gasteiger partial charge in [0.05, 0.1) is 32.6 Å². The van der Waals surface area contributed by atoms with Crippen molar-refractivity contribution >= 4 is 11.8 Å². The lowest BCUT2D eigenvalue weighted by molar-refractivity contribution is -0.121. The van der Waals surface area contributed by atoms with Crippen molar-refractivity contribution in [1.82, 2.24) is 20.4 Å². The molecule has 2 amide bonds. The Bertz CT molecular complexity index is 1300. The minimum Gasteiger partial charge on any atom is -0.497 e. The summed E-state index contributed by atoms with van der Waals surface area (Å²) in [6, 6.07) is 16.0. The van der Waals surface area contributed by atoms with Gasteiger partial charge in [0.1, 0.15) is 17.3 Å². The summed E-state index contributed by atoms with van der Waals surface area (Å²) in [5.41, 5.74) is 1.59. The van der Waals surface area contributed by atoms with Gasteiger partial charge in [-0.15, -0.1) is 0 Å². The van der Waals surface area contributed by atoms with E-state index in [1.165, 1.54) is 11.2 Å². The molecular formula is C27H28N4O6. The molecule has 0 radical (unpaired) electrons. The maximum absolute atomic E-state index is 13.4. The molecule has 0 saturated heterocycles. The second-order valence-electron chi connectivity index (χ2n) is 8.12. The molecule has 0 saturated carbocycles. The zero-order valence-electron chi connectivity index (χ0n) is 20.7. The number of carbonyl (C=O) groups excluding carboxylic acids is 2. The van der Waals surface area contributed by atoms with Gasteiger partial charge in [-0.2, -0.15) is 0 Å². The minimum absolute atomic E-state index is 0.0991. The SMILES string of the molecule is COc1ccc(OC)c(-c2cc(C(=O)N(CCC(=O)NCCc3ccccn3)Cc3ccco3)no2)c1. The van der Waals surface area contributed by atoms with Gasteiger partial charge in [-0.05, 0) is 42.5 Å². The van der Waals surface area contributed by atoms with Crippen LogP contribution in [0, 0.1) is 0 Å². The van der Waals surface area contributed by atoms with Crippen LogP contribution >= 0.6 is 0 Å². The molecule has 0 fully saturated rings. The lowest BCUT2D eigenvalue weighted by Crippen LogP contribution is -2.35. The standard InChI is InChI=1S/C27H28N4O6/c1-34-20-8-9-24(35-2)22(16-20)25-17-23(30-37-25)27(33)31(18-21-7-5-15-36-21)14-11-26(32)29-13-10-19-6-3-4-12-28-19/h3-9,12,15-17H,10-11,13-14,18H2,1-2H3,(H,29,32). The van der Waals surface area contributed by atoms with Crippen LogP contribution in [0.25, 0.3) is 11.3 Å². The third kappa shape index (κ3) is 6.75. The molecule has 10 heteroatoms. The Hall–Kier alpha value is -4.60. The lowest BCUT2D eigenvalue weighted by Gasteiger charge is -2.20. The van der Waals surface area contributed by atoms with Crippen molar-refractivity contribution in [3.63, 3.8) is 0 Å². The van der Waals surface area contributed by atoms with E-state index in [0.717, 1.165) is 5.69 Å². The number of pyridine rings is 1. The van der Waals surface area contributed by atoms with Crippen LogP contribution in [0.4, 0.5) is 0 Å². The number of hydrogen-bond acceptors (Lipinski definition) is 8. The topological polar surface area (TPSA) is 120 Å². The molecule has 0 aliphatic heterocycles. The van der Waals surface area contributed by atoms with Crippen LogP contribution in [0.3, 0.4) is 0 Å². The fraction of sp³-hybridized carbons (Fsp3) is 0.259. The van der Waals surface area contributed by atoms with E-state index in [9.17, 15) is 9.59 Å². The van der Waals surface area contributed by atoms with E-state index >= 15 is 0 Å². The van der Waals surface area contributed by atoms with Crippen LogP contribution in [0.15, 0.2) is 76.0 Å². The number of ether oxygens (including phenoxy) is 2. The van der Waals surface area contributed by atoms with E-state index in [0.29, 0.717) is 41.5 Å². The third-order valence-corrected chi connectivity index (χ3v) is 5.65. The van der Waals surface area contributed by atoms with Gasteiger partial charge in [0.2, 0.25) is 5.91 Å². The Morgan fingerprint density at radius 1 is 1.05 bits per heavy atom. The van der Waals surface area contributed by atoms with Gasteiger partial charge in [0.15, 0.2) is 11.5 Å². The van der Waals surface area contributed by atoms with Crippen molar-refractivity contribution in [3.8, 4) is 22.8 Å². The van der Waals surface area contributed by atoms with Gasteiger partial charge in [-0.25, -0.2) is 0 Å². The maximum atomic E-state index is 13.4. The Morgan fingerprint density at radius 3 is 2.68 bits per heavy atom. The van der Waals surface area contributed by atoms with Crippen molar-refractivity contribution in [3.05, 3.63) is 84.2 Å². The predicted molar refractivity (Wildman–Crippen MR) is 134 cm³/mol. The first-order chi connectivity index (χ1) is 18.1. The zero-order chi connectivity index (χ0) is 26.0. The number of benzene rings is 1. The Kier molecular flexibility index (Phi) is 8.53. The molecule has 1 N–H and O–H groups in total. The number of nitrogens with zero attached hydrogens (tertiary/aromatic N) is 3.